The lowest BCUT2D eigenvalue weighted by Crippen LogP contribution is -2.32. The number of para-hydroxylation sites is 1. The van der Waals surface area contributed by atoms with Gasteiger partial charge in [-0.15, -0.1) is 0 Å². The van der Waals surface area contributed by atoms with Crippen molar-refractivity contribution in [2.45, 2.75) is 44.8 Å². The van der Waals surface area contributed by atoms with Gasteiger partial charge in [0, 0.05) is 25.3 Å². The van der Waals surface area contributed by atoms with E-state index >= 15 is 0 Å². The van der Waals surface area contributed by atoms with Gasteiger partial charge in [-0.25, -0.2) is 0 Å². The van der Waals surface area contributed by atoms with Gasteiger partial charge in [-0.2, -0.15) is 0 Å². The van der Waals surface area contributed by atoms with Crippen LogP contribution in [0.1, 0.15) is 58.4 Å². The second-order valence-electron chi connectivity index (χ2n) is 8.38. The van der Waals surface area contributed by atoms with Crippen LogP contribution in [0.15, 0.2) is 48.5 Å². The fourth-order valence-electron chi connectivity index (χ4n) is 4.23. The van der Waals surface area contributed by atoms with Crippen LogP contribution in [0, 0.1) is 0 Å². The van der Waals surface area contributed by atoms with E-state index in [0.29, 0.717) is 23.4 Å². The summed E-state index contributed by atoms with van der Waals surface area (Å²) in [5.41, 5.74) is 2.76. The van der Waals surface area contributed by atoms with Crippen molar-refractivity contribution in [3.05, 3.63) is 65.2 Å². The van der Waals surface area contributed by atoms with Gasteiger partial charge in [-0.1, -0.05) is 30.7 Å². The number of hydrogen-bond acceptors (Lipinski definition) is 4. The molecule has 6 heteroatoms. The summed E-state index contributed by atoms with van der Waals surface area (Å²) in [5.74, 6) is -0.424. The van der Waals surface area contributed by atoms with Crippen LogP contribution in [-0.4, -0.2) is 49.1 Å². The molecule has 31 heavy (non-hydrogen) atoms. The number of anilines is 1. The number of carbonyl (C=O) groups is 2. The number of hydrogen-bond donors (Lipinski definition) is 2. The Labute approximate surface area is 184 Å². The molecular formula is C25H31N3O3. The van der Waals surface area contributed by atoms with Gasteiger partial charge < -0.3 is 15.4 Å². The molecule has 0 aliphatic carbocycles. The number of amides is 2. The minimum atomic E-state index is -0.219. The van der Waals surface area contributed by atoms with E-state index in [-0.39, 0.29) is 17.9 Å². The largest absolute Gasteiger partial charge is 0.376 e. The summed E-state index contributed by atoms with van der Waals surface area (Å²) in [6.07, 6.45) is 5.93. The van der Waals surface area contributed by atoms with E-state index in [1.54, 1.807) is 18.2 Å². The maximum absolute atomic E-state index is 12.8. The van der Waals surface area contributed by atoms with Gasteiger partial charge in [0.15, 0.2) is 0 Å². The van der Waals surface area contributed by atoms with E-state index in [4.69, 9.17) is 4.74 Å². The molecule has 4 rings (SSSR count). The van der Waals surface area contributed by atoms with Crippen molar-refractivity contribution in [1.82, 2.24) is 10.2 Å². The van der Waals surface area contributed by atoms with Crippen molar-refractivity contribution >= 4 is 17.5 Å². The van der Waals surface area contributed by atoms with Gasteiger partial charge in [0.2, 0.25) is 0 Å². The van der Waals surface area contributed by atoms with E-state index in [1.807, 2.05) is 30.3 Å². The molecule has 0 radical (unpaired) electrons. The van der Waals surface area contributed by atoms with Crippen LogP contribution < -0.4 is 10.6 Å². The number of piperidine rings is 1. The van der Waals surface area contributed by atoms with E-state index < -0.39 is 0 Å². The second kappa shape index (κ2) is 10.6. The van der Waals surface area contributed by atoms with Gasteiger partial charge in [-0.3, -0.25) is 14.5 Å². The van der Waals surface area contributed by atoms with Gasteiger partial charge in [-0.05, 0) is 68.6 Å². The Bertz CT molecular complexity index is 885. The number of nitrogens with one attached hydrogen (secondary N) is 2. The number of likely N-dealkylation sites (tertiary alicyclic amines) is 1. The summed E-state index contributed by atoms with van der Waals surface area (Å²) in [6, 6.07) is 14.8. The smallest absolute Gasteiger partial charge is 0.255 e. The fraction of sp³-hybridized carbons (Fsp3) is 0.440. The Morgan fingerprint density at radius 1 is 0.935 bits per heavy atom. The van der Waals surface area contributed by atoms with E-state index in [1.165, 1.54) is 24.8 Å². The van der Waals surface area contributed by atoms with Crippen LogP contribution in [0.4, 0.5) is 5.69 Å². The van der Waals surface area contributed by atoms with Crippen LogP contribution >= 0.6 is 0 Å². The van der Waals surface area contributed by atoms with Crippen molar-refractivity contribution in [2.75, 3.05) is 31.6 Å². The fourth-order valence-corrected chi connectivity index (χ4v) is 4.23. The van der Waals surface area contributed by atoms with Crippen LogP contribution in [0.2, 0.25) is 0 Å². The quantitative estimate of drug-likeness (QED) is 0.713. The highest BCUT2D eigenvalue weighted by Crippen LogP contribution is 2.18. The van der Waals surface area contributed by atoms with Crippen molar-refractivity contribution in [2.24, 2.45) is 0 Å². The maximum atomic E-state index is 12.8. The van der Waals surface area contributed by atoms with E-state index in [9.17, 15) is 9.59 Å². The van der Waals surface area contributed by atoms with Crippen LogP contribution in [0.25, 0.3) is 0 Å². The topological polar surface area (TPSA) is 70.7 Å². The van der Waals surface area contributed by atoms with Crippen molar-refractivity contribution in [3.8, 4) is 0 Å². The third-order valence-electron chi connectivity index (χ3n) is 6.01. The third-order valence-corrected chi connectivity index (χ3v) is 6.01. The summed E-state index contributed by atoms with van der Waals surface area (Å²) in [4.78, 5) is 27.9. The molecule has 2 aliphatic heterocycles. The molecule has 164 valence electrons. The predicted octanol–water partition coefficient (Wildman–Crippen LogP) is 3.83. The Morgan fingerprint density at radius 3 is 2.45 bits per heavy atom. The number of carbonyl (C=O) groups excluding carboxylic acids is 2. The van der Waals surface area contributed by atoms with Crippen molar-refractivity contribution in [1.29, 1.82) is 0 Å². The third kappa shape index (κ3) is 5.93. The van der Waals surface area contributed by atoms with Crippen molar-refractivity contribution < 1.29 is 14.3 Å². The lowest BCUT2D eigenvalue weighted by atomic mass is 10.1. The zero-order valence-corrected chi connectivity index (χ0v) is 17.9. The average Bonchev–Trinajstić information content (AvgIpc) is 3.33. The highest BCUT2D eigenvalue weighted by Gasteiger charge is 2.19. The summed E-state index contributed by atoms with van der Waals surface area (Å²) in [5, 5.41) is 5.82. The highest BCUT2D eigenvalue weighted by atomic mass is 16.5. The summed E-state index contributed by atoms with van der Waals surface area (Å²) >= 11 is 0. The molecule has 0 unspecified atom stereocenters. The maximum Gasteiger partial charge on any atom is 0.255 e. The lowest BCUT2D eigenvalue weighted by molar-refractivity contribution is 0.0858. The first-order valence-electron chi connectivity index (χ1n) is 11.3. The first-order chi connectivity index (χ1) is 15.2. The Morgan fingerprint density at radius 2 is 1.71 bits per heavy atom. The molecule has 2 heterocycles. The molecular weight excluding hydrogens is 390 g/mol. The minimum Gasteiger partial charge on any atom is -0.376 e. The average molecular weight is 422 g/mol. The summed E-state index contributed by atoms with van der Waals surface area (Å²) in [6.45, 7) is 4.46. The molecule has 2 saturated heterocycles. The molecule has 0 spiro atoms. The first kappa shape index (κ1) is 21.5. The molecule has 2 aromatic carbocycles. The van der Waals surface area contributed by atoms with E-state index in [0.717, 1.165) is 39.1 Å². The van der Waals surface area contributed by atoms with Crippen LogP contribution in [-0.2, 0) is 11.3 Å². The molecule has 2 aliphatic rings. The van der Waals surface area contributed by atoms with Gasteiger partial charge in [0.1, 0.15) is 0 Å². The zero-order chi connectivity index (χ0) is 21.5. The lowest BCUT2D eigenvalue weighted by Gasteiger charge is -2.26. The predicted molar refractivity (Wildman–Crippen MR) is 121 cm³/mol. The Balaban J connectivity index is 1.36. The number of nitrogens with zero attached hydrogens (tertiary/aromatic N) is 1. The Hall–Kier alpha value is -2.70. The SMILES string of the molecule is O=C(Nc1ccccc1C(=O)NC[C@@H]1CCCO1)c1ccc(CN2CCCCC2)cc1. The highest BCUT2D eigenvalue weighted by molar-refractivity contribution is 6.09. The summed E-state index contributed by atoms with van der Waals surface area (Å²) in [7, 11) is 0. The number of rotatable bonds is 7. The minimum absolute atomic E-state index is 0.0779. The van der Waals surface area contributed by atoms with Gasteiger partial charge in [0.25, 0.3) is 11.8 Å². The molecule has 2 amide bonds. The molecule has 6 nitrogen and oxygen atoms in total. The summed E-state index contributed by atoms with van der Waals surface area (Å²) < 4.78 is 5.56. The van der Waals surface area contributed by atoms with Crippen molar-refractivity contribution in [3.63, 3.8) is 0 Å². The van der Waals surface area contributed by atoms with E-state index in [2.05, 4.69) is 15.5 Å². The molecule has 2 aromatic rings. The normalized spacial score (nSPS) is 19.2. The Kier molecular flexibility index (Phi) is 7.33. The molecule has 0 aromatic heterocycles. The van der Waals surface area contributed by atoms with Gasteiger partial charge in [0.05, 0.1) is 17.4 Å². The number of ether oxygens (including phenoxy) is 1. The standard InChI is InChI=1S/C25H31N3O3/c29-24(20-12-10-19(11-13-20)18-28-14-4-1-5-15-28)27-23-9-3-2-8-22(23)25(30)26-17-21-7-6-16-31-21/h2-3,8-13,21H,1,4-7,14-18H2,(H,26,30)(H,27,29)/t21-/m0/s1. The van der Waals surface area contributed by atoms with Crippen LogP contribution in [0.3, 0.4) is 0 Å². The molecule has 2 N–H and O–H groups in total. The first-order valence-corrected chi connectivity index (χ1v) is 11.3. The molecule has 2 fully saturated rings. The molecule has 0 saturated carbocycles. The number of benzene rings is 2. The molecule has 0 bridgehead atoms. The molecule has 1 atom stereocenters. The second-order valence-corrected chi connectivity index (χ2v) is 8.38. The zero-order valence-electron chi connectivity index (χ0n) is 17.9. The van der Waals surface area contributed by atoms with Gasteiger partial charge >= 0.3 is 0 Å². The van der Waals surface area contributed by atoms with Crippen LogP contribution in [0.5, 0.6) is 0 Å². The monoisotopic (exact) mass is 421 g/mol.